The quantitative estimate of drug-likeness (QED) is 0.571. The Bertz CT molecular complexity index is 115. The summed E-state index contributed by atoms with van der Waals surface area (Å²) in [7, 11) is 0. The summed E-state index contributed by atoms with van der Waals surface area (Å²) in [4.78, 5) is 2.01. The van der Waals surface area contributed by atoms with Gasteiger partial charge in [-0.05, 0) is 13.1 Å². The van der Waals surface area contributed by atoms with Crippen LogP contribution < -0.4 is 0 Å². The van der Waals surface area contributed by atoms with E-state index in [1.807, 2.05) is 18.7 Å². The molecule has 0 spiro atoms. The summed E-state index contributed by atoms with van der Waals surface area (Å²) < 4.78 is 0. The van der Waals surface area contributed by atoms with Crippen LogP contribution >= 0.6 is 0 Å². The first-order valence-corrected chi connectivity index (χ1v) is 3.54. The van der Waals surface area contributed by atoms with Crippen LogP contribution in [-0.2, 0) is 0 Å². The van der Waals surface area contributed by atoms with E-state index in [1.54, 1.807) is 6.07 Å². The average Bonchev–Trinajstić information content (AvgIpc) is 1.99. The number of nitriles is 1. The molecule has 0 rings (SSSR count). The summed E-state index contributed by atoms with van der Waals surface area (Å²) in [6.07, 6.45) is -0.833. The Kier molecular flexibility index (Phi) is 4.91. The van der Waals surface area contributed by atoms with Crippen molar-refractivity contribution in [1.29, 1.82) is 5.26 Å². The molecule has 1 unspecified atom stereocenters. The van der Waals surface area contributed by atoms with Crippen LogP contribution in [-0.4, -0.2) is 35.7 Å². The standard InChI is InChI=1S/C7H14N2O/c1-3-9(4-2)6-7(10)5-8/h7,10H,3-4,6H2,1-2H3. The molecule has 1 N–H and O–H groups in total. The zero-order valence-corrected chi connectivity index (χ0v) is 6.54. The third kappa shape index (κ3) is 3.44. The van der Waals surface area contributed by atoms with E-state index in [0.29, 0.717) is 6.54 Å². The van der Waals surface area contributed by atoms with Gasteiger partial charge in [-0.25, -0.2) is 0 Å². The second kappa shape index (κ2) is 5.21. The average molecular weight is 142 g/mol. The van der Waals surface area contributed by atoms with Gasteiger partial charge in [-0.2, -0.15) is 5.26 Å². The van der Waals surface area contributed by atoms with Gasteiger partial charge in [-0.3, -0.25) is 0 Å². The maximum absolute atomic E-state index is 8.89. The number of aliphatic hydroxyl groups is 1. The van der Waals surface area contributed by atoms with Crippen molar-refractivity contribution < 1.29 is 5.11 Å². The summed E-state index contributed by atoms with van der Waals surface area (Å²) in [5, 5.41) is 17.1. The number of hydrogen-bond acceptors (Lipinski definition) is 3. The van der Waals surface area contributed by atoms with Crippen LogP contribution in [0.5, 0.6) is 0 Å². The maximum atomic E-state index is 8.89. The van der Waals surface area contributed by atoms with Crippen molar-refractivity contribution >= 4 is 0 Å². The fraction of sp³-hybridized carbons (Fsp3) is 0.857. The Morgan fingerprint density at radius 2 is 2.00 bits per heavy atom. The van der Waals surface area contributed by atoms with Crippen molar-refractivity contribution in [2.75, 3.05) is 19.6 Å². The molecule has 3 nitrogen and oxygen atoms in total. The lowest BCUT2D eigenvalue weighted by Gasteiger charge is -2.17. The first kappa shape index (κ1) is 9.41. The predicted octanol–water partition coefficient (Wildman–Crippen LogP) is 0.213. The Balaban J connectivity index is 3.54. The van der Waals surface area contributed by atoms with E-state index in [0.717, 1.165) is 13.1 Å². The molecule has 0 aliphatic carbocycles. The maximum Gasteiger partial charge on any atom is 0.153 e. The smallest absolute Gasteiger partial charge is 0.153 e. The third-order valence-corrected chi connectivity index (χ3v) is 1.47. The van der Waals surface area contributed by atoms with E-state index in [2.05, 4.69) is 0 Å². The van der Waals surface area contributed by atoms with Crippen molar-refractivity contribution in [3.8, 4) is 6.07 Å². The highest BCUT2D eigenvalue weighted by molar-refractivity contribution is 4.84. The second-order valence-electron chi connectivity index (χ2n) is 2.13. The van der Waals surface area contributed by atoms with Crippen LogP contribution in [0.15, 0.2) is 0 Å². The second-order valence-corrected chi connectivity index (χ2v) is 2.13. The van der Waals surface area contributed by atoms with E-state index in [4.69, 9.17) is 10.4 Å². The van der Waals surface area contributed by atoms with Gasteiger partial charge in [0, 0.05) is 6.54 Å². The van der Waals surface area contributed by atoms with Gasteiger partial charge in [0.15, 0.2) is 6.10 Å². The third-order valence-electron chi connectivity index (χ3n) is 1.47. The van der Waals surface area contributed by atoms with Crippen LogP contribution in [0.4, 0.5) is 0 Å². The molecular formula is C7H14N2O. The summed E-state index contributed by atoms with van der Waals surface area (Å²) >= 11 is 0. The number of hydrogen-bond donors (Lipinski definition) is 1. The Morgan fingerprint density at radius 1 is 1.50 bits per heavy atom. The van der Waals surface area contributed by atoms with E-state index < -0.39 is 6.10 Å². The lowest BCUT2D eigenvalue weighted by molar-refractivity contribution is 0.159. The van der Waals surface area contributed by atoms with Crippen molar-refractivity contribution in [1.82, 2.24) is 4.90 Å². The molecule has 0 bridgehead atoms. The molecule has 0 saturated heterocycles. The molecular weight excluding hydrogens is 128 g/mol. The summed E-state index contributed by atoms with van der Waals surface area (Å²) in [6.45, 7) is 6.25. The zero-order chi connectivity index (χ0) is 7.98. The number of aliphatic hydroxyl groups excluding tert-OH is 1. The molecule has 0 aromatic heterocycles. The van der Waals surface area contributed by atoms with E-state index in [-0.39, 0.29) is 0 Å². The van der Waals surface area contributed by atoms with Crippen LogP contribution in [0.3, 0.4) is 0 Å². The highest BCUT2D eigenvalue weighted by Gasteiger charge is 2.05. The first-order chi connectivity index (χ1) is 4.74. The van der Waals surface area contributed by atoms with Gasteiger partial charge >= 0.3 is 0 Å². The Morgan fingerprint density at radius 3 is 2.30 bits per heavy atom. The molecule has 0 saturated carbocycles. The van der Waals surface area contributed by atoms with Gasteiger partial charge in [-0.1, -0.05) is 13.8 Å². The van der Waals surface area contributed by atoms with Crippen molar-refractivity contribution in [2.45, 2.75) is 20.0 Å². The molecule has 0 aromatic carbocycles. The Labute approximate surface area is 61.9 Å². The fourth-order valence-corrected chi connectivity index (χ4v) is 0.767. The summed E-state index contributed by atoms with van der Waals surface area (Å²) in [6, 6.07) is 1.78. The minimum Gasteiger partial charge on any atom is -0.377 e. The normalized spacial score (nSPS) is 13.1. The van der Waals surface area contributed by atoms with Gasteiger partial charge in [-0.15, -0.1) is 0 Å². The summed E-state index contributed by atoms with van der Waals surface area (Å²) in [5.41, 5.74) is 0. The zero-order valence-electron chi connectivity index (χ0n) is 6.54. The van der Waals surface area contributed by atoms with Crippen LogP contribution in [0.2, 0.25) is 0 Å². The highest BCUT2D eigenvalue weighted by atomic mass is 16.3. The number of likely N-dealkylation sites (N-methyl/N-ethyl adjacent to an activating group) is 1. The Hall–Kier alpha value is -0.590. The predicted molar refractivity (Wildman–Crippen MR) is 39.4 cm³/mol. The first-order valence-electron chi connectivity index (χ1n) is 3.54. The van der Waals surface area contributed by atoms with Gasteiger partial charge in [0.1, 0.15) is 0 Å². The van der Waals surface area contributed by atoms with Crippen molar-refractivity contribution in [3.05, 3.63) is 0 Å². The van der Waals surface area contributed by atoms with Crippen molar-refractivity contribution in [3.63, 3.8) is 0 Å². The van der Waals surface area contributed by atoms with Gasteiger partial charge in [0.05, 0.1) is 6.07 Å². The molecule has 0 aliphatic rings. The molecule has 0 heterocycles. The minimum atomic E-state index is -0.833. The fourth-order valence-electron chi connectivity index (χ4n) is 0.767. The van der Waals surface area contributed by atoms with Gasteiger partial charge in [0.2, 0.25) is 0 Å². The summed E-state index contributed by atoms with van der Waals surface area (Å²) in [5.74, 6) is 0. The van der Waals surface area contributed by atoms with E-state index in [9.17, 15) is 0 Å². The molecule has 58 valence electrons. The largest absolute Gasteiger partial charge is 0.377 e. The molecule has 0 aromatic rings. The molecule has 0 aliphatic heterocycles. The van der Waals surface area contributed by atoms with Crippen LogP contribution in [0, 0.1) is 11.3 Å². The highest BCUT2D eigenvalue weighted by Crippen LogP contribution is 1.89. The van der Waals surface area contributed by atoms with E-state index >= 15 is 0 Å². The molecule has 10 heavy (non-hydrogen) atoms. The van der Waals surface area contributed by atoms with Gasteiger partial charge < -0.3 is 10.0 Å². The molecule has 0 amide bonds. The number of rotatable bonds is 4. The van der Waals surface area contributed by atoms with Crippen molar-refractivity contribution in [2.24, 2.45) is 0 Å². The molecule has 3 heteroatoms. The lowest BCUT2D eigenvalue weighted by atomic mass is 10.3. The van der Waals surface area contributed by atoms with Gasteiger partial charge in [0.25, 0.3) is 0 Å². The van der Waals surface area contributed by atoms with Crippen LogP contribution in [0.1, 0.15) is 13.8 Å². The topological polar surface area (TPSA) is 47.3 Å². The van der Waals surface area contributed by atoms with E-state index in [1.165, 1.54) is 0 Å². The minimum absolute atomic E-state index is 0.462. The number of nitrogens with zero attached hydrogens (tertiary/aromatic N) is 2. The molecule has 0 fully saturated rings. The molecule has 1 atom stereocenters. The molecule has 0 radical (unpaired) electrons. The lowest BCUT2D eigenvalue weighted by Crippen LogP contribution is -2.31. The monoisotopic (exact) mass is 142 g/mol. The SMILES string of the molecule is CCN(CC)CC(O)C#N. The van der Waals surface area contributed by atoms with Crippen LogP contribution in [0.25, 0.3) is 0 Å².